The summed E-state index contributed by atoms with van der Waals surface area (Å²) < 4.78 is 31.4. The second-order valence-corrected chi connectivity index (χ2v) is 4.60. The van der Waals surface area contributed by atoms with Gasteiger partial charge in [0.25, 0.3) is 5.89 Å². The van der Waals surface area contributed by atoms with E-state index in [4.69, 9.17) is 10.3 Å². The van der Waals surface area contributed by atoms with E-state index in [0.29, 0.717) is 28.5 Å². The molecule has 2 aromatic carbocycles. The highest BCUT2D eigenvalue weighted by Crippen LogP contribution is 2.20. The van der Waals surface area contributed by atoms with Crippen LogP contribution in [0.25, 0.3) is 11.5 Å². The van der Waals surface area contributed by atoms with Crippen molar-refractivity contribution in [1.82, 2.24) is 10.1 Å². The van der Waals surface area contributed by atoms with Crippen molar-refractivity contribution in [3.8, 4) is 11.5 Å². The van der Waals surface area contributed by atoms with Crippen molar-refractivity contribution in [3.63, 3.8) is 0 Å². The average Bonchev–Trinajstić information content (AvgIpc) is 2.86. The van der Waals surface area contributed by atoms with Crippen LogP contribution in [0.5, 0.6) is 0 Å². The zero-order valence-electron chi connectivity index (χ0n) is 10.9. The number of nitrogen functional groups attached to an aromatic ring is 1. The number of nitrogens with zero attached hydrogens (tertiary/aromatic N) is 2. The van der Waals surface area contributed by atoms with Gasteiger partial charge < -0.3 is 10.3 Å². The molecule has 0 aliphatic rings. The Labute approximate surface area is 119 Å². The monoisotopic (exact) mass is 287 g/mol. The Hall–Kier alpha value is -2.76. The predicted octanol–water partition coefficient (Wildman–Crippen LogP) is 3.19. The standard InChI is InChI=1S/C15H11F2N3O/c16-11-4-9(5-12(17)8-11)6-14-19-15(21-20-14)10-2-1-3-13(18)7-10/h1-5,7-8H,6,18H2. The summed E-state index contributed by atoms with van der Waals surface area (Å²) in [6.45, 7) is 0. The first-order chi connectivity index (χ1) is 10.1. The molecule has 6 heteroatoms. The number of hydrogen-bond donors (Lipinski definition) is 1. The first-order valence-electron chi connectivity index (χ1n) is 6.23. The van der Waals surface area contributed by atoms with Crippen LogP contribution in [0.3, 0.4) is 0 Å². The number of anilines is 1. The molecular weight excluding hydrogens is 276 g/mol. The van der Waals surface area contributed by atoms with Gasteiger partial charge >= 0.3 is 0 Å². The number of aromatic nitrogens is 2. The van der Waals surface area contributed by atoms with Crippen molar-refractivity contribution < 1.29 is 13.3 Å². The summed E-state index contributed by atoms with van der Waals surface area (Å²) in [7, 11) is 0. The maximum atomic E-state index is 13.1. The van der Waals surface area contributed by atoms with E-state index in [1.54, 1.807) is 24.3 Å². The van der Waals surface area contributed by atoms with Crippen LogP contribution in [0.4, 0.5) is 14.5 Å². The highest BCUT2D eigenvalue weighted by Gasteiger charge is 2.10. The Bertz CT molecular complexity index is 766. The molecule has 0 fully saturated rings. The van der Waals surface area contributed by atoms with Crippen LogP contribution in [0.1, 0.15) is 11.4 Å². The Kier molecular flexibility index (Phi) is 3.35. The number of hydrogen-bond acceptors (Lipinski definition) is 4. The van der Waals surface area contributed by atoms with Gasteiger partial charge in [-0.3, -0.25) is 0 Å². The van der Waals surface area contributed by atoms with Crippen LogP contribution in [0.2, 0.25) is 0 Å². The summed E-state index contributed by atoms with van der Waals surface area (Å²) in [5.41, 5.74) is 7.40. The van der Waals surface area contributed by atoms with Gasteiger partial charge in [-0.05, 0) is 35.9 Å². The zero-order chi connectivity index (χ0) is 14.8. The van der Waals surface area contributed by atoms with Crippen molar-refractivity contribution in [2.45, 2.75) is 6.42 Å². The lowest BCUT2D eigenvalue weighted by Crippen LogP contribution is -1.93. The second kappa shape index (κ2) is 5.32. The van der Waals surface area contributed by atoms with Crippen molar-refractivity contribution >= 4 is 5.69 Å². The lowest BCUT2D eigenvalue weighted by molar-refractivity contribution is 0.424. The summed E-state index contributed by atoms with van der Waals surface area (Å²) in [5, 5.41) is 3.81. The van der Waals surface area contributed by atoms with Gasteiger partial charge in [0.2, 0.25) is 0 Å². The first-order valence-corrected chi connectivity index (χ1v) is 6.23. The van der Waals surface area contributed by atoms with Crippen LogP contribution in [-0.2, 0) is 6.42 Å². The third-order valence-electron chi connectivity index (χ3n) is 2.89. The molecule has 21 heavy (non-hydrogen) atoms. The van der Waals surface area contributed by atoms with Crippen LogP contribution in [0.15, 0.2) is 47.0 Å². The molecule has 1 heterocycles. The summed E-state index contributed by atoms with van der Waals surface area (Å²) in [4.78, 5) is 4.20. The lowest BCUT2D eigenvalue weighted by Gasteiger charge is -1.98. The maximum absolute atomic E-state index is 13.1. The zero-order valence-corrected chi connectivity index (χ0v) is 10.9. The van der Waals surface area contributed by atoms with E-state index in [1.807, 2.05) is 0 Å². The highest BCUT2D eigenvalue weighted by molar-refractivity contribution is 5.59. The van der Waals surface area contributed by atoms with Crippen molar-refractivity contribution in [2.24, 2.45) is 0 Å². The minimum Gasteiger partial charge on any atom is -0.399 e. The van der Waals surface area contributed by atoms with Crippen molar-refractivity contribution in [3.05, 3.63) is 65.5 Å². The topological polar surface area (TPSA) is 64.9 Å². The van der Waals surface area contributed by atoms with E-state index in [2.05, 4.69) is 10.1 Å². The molecule has 3 rings (SSSR count). The Morgan fingerprint density at radius 2 is 1.81 bits per heavy atom. The molecule has 0 radical (unpaired) electrons. The molecule has 1 aromatic heterocycles. The molecule has 0 spiro atoms. The Balaban J connectivity index is 1.85. The van der Waals surface area contributed by atoms with Crippen LogP contribution in [-0.4, -0.2) is 10.1 Å². The molecular formula is C15H11F2N3O. The second-order valence-electron chi connectivity index (χ2n) is 4.60. The number of rotatable bonds is 3. The lowest BCUT2D eigenvalue weighted by atomic mass is 10.1. The predicted molar refractivity (Wildman–Crippen MR) is 73.3 cm³/mol. The minimum atomic E-state index is -0.635. The van der Waals surface area contributed by atoms with Crippen molar-refractivity contribution in [1.29, 1.82) is 0 Å². The van der Waals surface area contributed by atoms with Gasteiger partial charge in [0.05, 0.1) is 0 Å². The number of halogens is 2. The van der Waals surface area contributed by atoms with Crippen LogP contribution >= 0.6 is 0 Å². The van der Waals surface area contributed by atoms with E-state index >= 15 is 0 Å². The third-order valence-corrected chi connectivity index (χ3v) is 2.89. The smallest absolute Gasteiger partial charge is 0.258 e. The molecule has 106 valence electrons. The molecule has 0 amide bonds. The fourth-order valence-electron chi connectivity index (χ4n) is 2.01. The normalized spacial score (nSPS) is 10.8. The van der Waals surface area contributed by atoms with E-state index < -0.39 is 11.6 Å². The van der Waals surface area contributed by atoms with Crippen LogP contribution in [0, 0.1) is 11.6 Å². The van der Waals surface area contributed by atoms with E-state index in [0.717, 1.165) is 6.07 Å². The van der Waals surface area contributed by atoms with Gasteiger partial charge in [0.15, 0.2) is 5.82 Å². The number of nitrogens with two attached hydrogens (primary N) is 1. The summed E-state index contributed by atoms with van der Waals surface area (Å²) in [5.74, 6) is -0.610. The molecule has 3 aromatic rings. The van der Waals surface area contributed by atoms with Gasteiger partial charge in [-0.2, -0.15) is 4.98 Å². The third kappa shape index (κ3) is 3.05. The fourth-order valence-corrected chi connectivity index (χ4v) is 2.01. The van der Waals surface area contributed by atoms with Gasteiger partial charge in [-0.1, -0.05) is 11.2 Å². The Morgan fingerprint density at radius 1 is 1.05 bits per heavy atom. The molecule has 0 bridgehead atoms. The molecule has 0 atom stereocenters. The van der Waals surface area contributed by atoms with E-state index in [9.17, 15) is 8.78 Å². The maximum Gasteiger partial charge on any atom is 0.258 e. The minimum absolute atomic E-state index is 0.181. The molecule has 0 saturated carbocycles. The molecule has 0 unspecified atom stereocenters. The molecule has 2 N–H and O–H groups in total. The molecule has 0 saturated heterocycles. The van der Waals surface area contributed by atoms with Gasteiger partial charge in [0, 0.05) is 23.7 Å². The molecule has 0 aliphatic heterocycles. The first kappa shape index (κ1) is 13.2. The summed E-state index contributed by atoms with van der Waals surface area (Å²) >= 11 is 0. The number of benzene rings is 2. The van der Waals surface area contributed by atoms with Crippen LogP contribution < -0.4 is 5.73 Å². The Morgan fingerprint density at radius 3 is 2.52 bits per heavy atom. The van der Waals surface area contributed by atoms with E-state index in [1.165, 1.54) is 12.1 Å². The van der Waals surface area contributed by atoms with Crippen molar-refractivity contribution in [2.75, 3.05) is 5.73 Å². The van der Waals surface area contributed by atoms with Gasteiger partial charge in [0.1, 0.15) is 11.6 Å². The largest absolute Gasteiger partial charge is 0.399 e. The molecule has 0 aliphatic carbocycles. The fraction of sp³-hybridized carbons (Fsp3) is 0.0667. The SMILES string of the molecule is Nc1cccc(-c2nc(Cc3cc(F)cc(F)c3)no2)c1. The average molecular weight is 287 g/mol. The van der Waals surface area contributed by atoms with Gasteiger partial charge in [-0.15, -0.1) is 0 Å². The molecule has 4 nitrogen and oxygen atoms in total. The van der Waals surface area contributed by atoms with E-state index in [-0.39, 0.29) is 6.42 Å². The summed E-state index contributed by atoms with van der Waals surface area (Å²) in [6, 6.07) is 10.3. The highest BCUT2D eigenvalue weighted by atomic mass is 19.1. The summed E-state index contributed by atoms with van der Waals surface area (Å²) in [6.07, 6.45) is 0.181. The van der Waals surface area contributed by atoms with Gasteiger partial charge in [-0.25, -0.2) is 8.78 Å². The quantitative estimate of drug-likeness (QED) is 0.751.